The standard InChI is InChI=1S/C21H29NO5SSi.Li/c1-22(21(25)26-13-15-29(2,3)4)12-11-18(19-10-7-14-28-19)27-17-9-6-5-8-16(17)20(23)24;/h5-10,14,18H,11-13,15H2,1-4H3,(H,23,24);/q;+1/p-1. The number of amides is 1. The van der Waals surface area contributed by atoms with Crippen LogP contribution >= 0.6 is 11.3 Å². The minimum Gasteiger partial charge on any atom is -0.545 e. The minimum absolute atomic E-state index is 0. The molecule has 0 fully saturated rings. The van der Waals surface area contributed by atoms with Gasteiger partial charge in [0, 0.05) is 38.5 Å². The van der Waals surface area contributed by atoms with Crippen molar-refractivity contribution in [2.24, 2.45) is 0 Å². The first kappa shape index (κ1) is 26.3. The number of nitrogens with zero attached hydrogens (tertiary/aromatic N) is 1. The van der Waals surface area contributed by atoms with Crippen molar-refractivity contribution in [1.29, 1.82) is 0 Å². The largest absolute Gasteiger partial charge is 1.00 e. The summed E-state index contributed by atoms with van der Waals surface area (Å²) in [5.41, 5.74) is 0.00756. The molecule has 1 atom stereocenters. The van der Waals surface area contributed by atoms with Crippen molar-refractivity contribution in [3.8, 4) is 5.75 Å². The summed E-state index contributed by atoms with van der Waals surface area (Å²) in [4.78, 5) is 26.1. The Balaban J connectivity index is 0.00000450. The van der Waals surface area contributed by atoms with E-state index >= 15 is 0 Å². The fourth-order valence-electron chi connectivity index (χ4n) is 2.58. The molecule has 1 aromatic heterocycles. The molecule has 2 rings (SSSR count). The molecule has 9 heteroatoms. The number of para-hydroxylation sites is 1. The van der Waals surface area contributed by atoms with Crippen LogP contribution < -0.4 is 28.7 Å². The minimum atomic E-state index is -1.28. The summed E-state index contributed by atoms with van der Waals surface area (Å²) in [5.74, 6) is -1.03. The molecule has 0 aliphatic carbocycles. The predicted octanol–water partition coefficient (Wildman–Crippen LogP) is 1.03. The van der Waals surface area contributed by atoms with Crippen LogP contribution in [-0.2, 0) is 4.74 Å². The van der Waals surface area contributed by atoms with E-state index in [1.54, 1.807) is 25.2 Å². The van der Waals surface area contributed by atoms with Crippen molar-refractivity contribution in [2.75, 3.05) is 20.2 Å². The second-order valence-electron chi connectivity index (χ2n) is 8.04. The molecule has 6 nitrogen and oxygen atoms in total. The zero-order chi connectivity index (χ0) is 21.4. The number of carbonyl (C=O) groups excluding carboxylic acids is 2. The van der Waals surface area contributed by atoms with Crippen molar-refractivity contribution >= 4 is 31.5 Å². The average molecular weight is 442 g/mol. The number of aromatic carboxylic acids is 1. The SMILES string of the molecule is CN(CCC(Oc1ccccc1C(=O)[O-])c1cccs1)C(=O)OCC[Si](C)(C)C.[Li+]. The molecule has 0 radical (unpaired) electrons. The van der Waals surface area contributed by atoms with Crippen molar-refractivity contribution in [2.45, 2.75) is 38.2 Å². The monoisotopic (exact) mass is 441 g/mol. The van der Waals surface area contributed by atoms with Crippen LogP contribution in [0.3, 0.4) is 0 Å². The Morgan fingerprint density at radius 3 is 2.47 bits per heavy atom. The van der Waals surface area contributed by atoms with Crippen LogP contribution in [0, 0.1) is 0 Å². The van der Waals surface area contributed by atoms with Gasteiger partial charge in [0.2, 0.25) is 0 Å². The predicted molar refractivity (Wildman–Crippen MR) is 115 cm³/mol. The Kier molecular flexibility index (Phi) is 10.7. The van der Waals surface area contributed by atoms with Gasteiger partial charge in [-0.25, -0.2) is 4.79 Å². The number of thiophene rings is 1. The summed E-state index contributed by atoms with van der Waals surface area (Å²) in [7, 11) is 0.435. The fraction of sp³-hybridized carbons (Fsp3) is 0.429. The summed E-state index contributed by atoms with van der Waals surface area (Å²) in [6, 6.07) is 11.2. The van der Waals surface area contributed by atoms with Gasteiger partial charge >= 0.3 is 25.0 Å². The summed E-state index contributed by atoms with van der Waals surface area (Å²) < 4.78 is 11.4. The number of carbonyl (C=O) groups is 2. The molecular weight excluding hydrogens is 413 g/mol. The van der Waals surface area contributed by atoms with E-state index in [0.717, 1.165) is 10.9 Å². The van der Waals surface area contributed by atoms with Crippen molar-refractivity contribution < 1.29 is 43.0 Å². The Hall–Kier alpha value is -1.73. The van der Waals surface area contributed by atoms with Crippen LogP contribution in [0.5, 0.6) is 5.75 Å². The third-order valence-electron chi connectivity index (χ3n) is 4.35. The first-order valence-electron chi connectivity index (χ1n) is 9.56. The summed E-state index contributed by atoms with van der Waals surface area (Å²) >= 11 is 1.52. The molecule has 0 spiro atoms. The maximum absolute atomic E-state index is 12.2. The maximum atomic E-state index is 12.2. The van der Waals surface area contributed by atoms with Gasteiger partial charge in [-0.3, -0.25) is 0 Å². The number of rotatable bonds is 10. The number of benzene rings is 1. The molecule has 0 saturated heterocycles. The Morgan fingerprint density at radius 2 is 1.87 bits per heavy atom. The van der Waals surface area contributed by atoms with Gasteiger partial charge in [-0.2, -0.15) is 0 Å². The first-order valence-corrected chi connectivity index (χ1v) is 14.1. The Bertz CT molecular complexity index is 810. The molecule has 1 unspecified atom stereocenters. The quantitative estimate of drug-likeness (QED) is 0.515. The second-order valence-corrected chi connectivity index (χ2v) is 14.6. The molecule has 2 aromatic rings. The molecule has 0 saturated carbocycles. The molecule has 0 aliphatic heterocycles. The first-order chi connectivity index (χ1) is 13.7. The van der Waals surface area contributed by atoms with Gasteiger partial charge in [0.1, 0.15) is 11.9 Å². The summed E-state index contributed by atoms with van der Waals surface area (Å²) in [5, 5.41) is 13.3. The van der Waals surface area contributed by atoms with Gasteiger partial charge in [0.05, 0.1) is 12.6 Å². The molecule has 0 aliphatic rings. The van der Waals surface area contributed by atoms with Gasteiger partial charge in [-0.05, 0) is 29.6 Å². The van der Waals surface area contributed by atoms with Crippen molar-refractivity contribution in [3.63, 3.8) is 0 Å². The Labute approximate surface area is 195 Å². The molecule has 1 heterocycles. The van der Waals surface area contributed by atoms with Crippen molar-refractivity contribution in [3.05, 3.63) is 52.2 Å². The van der Waals surface area contributed by atoms with Crippen LogP contribution in [0.25, 0.3) is 0 Å². The van der Waals surface area contributed by atoms with Gasteiger partial charge < -0.3 is 24.3 Å². The Morgan fingerprint density at radius 1 is 1.17 bits per heavy atom. The number of carboxylic acid groups (broad SMARTS) is 1. The van der Waals surface area contributed by atoms with Crippen LogP contribution in [0.2, 0.25) is 25.7 Å². The average Bonchev–Trinajstić information content (AvgIpc) is 3.18. The molecule has 1 aromatic carbocycles. The smallest absolute Gasteiger partial charge is 0.545 e. The van der Waals surface area contributed by atoms with Gasteiger partial charge in [-0.1, -0.05) is 37.8 Å². The normalized spacial score (nSPS) is 11.9. The van der Waals surface area contributed by atoms with Crippen LogP contribution in [0.15, 0.2) is 41.8 Å². The summed E-state index contributed by atoms with van der Waals surface area (Å²) in [6.07, 6.45) is -0.238. The van der Waals surface area contributed by atoms with E-state index < -0.39 is 14.0 Å². The molecule has 0 N–H and O–H groups in total. The van der Waals surface area contributed by atoms with E-state index in [1.165, 1.54) is 22.3 Å². The van der Waals surface area contributed by atoms with Crippen molar-refractivity contribution in [1.82, 2.24) is 4.90 Å². The van der Waals surface area contributed by atoms with Crippen LogP contribution in [0.4, 0.5) is 4.79 Å². The number of carboxylic acids is 1. The topological polar surface area (TPSA) is 78.9 Å². The molecule has 1 amide bonds. The molecular formula is C21H28LiNO5SSi. The second kappa shape index (κ2) is 12.2. The number of hydrogen-bond acceptors (Lipinski definition) is 6. The molecule has 0 bridgehead atoms. The van der Waals surface area contributed by atoms with Gasteiger partial charge in [-0.15, -0.1) is 11.3 Å². The zero-order valence-electron chi connectivity index (χ0n) is 18.3. The summed E-state index contributed by atoms with van der Waals surface area (Å²) in [6.45, 7) is 7.55. The third kappa shape index (κ3) is 8.56. The zero-order valence-corrected chi connectivity index (χ0v) is 20.2. The van der Waals surface area contributed by atoms with E-state index in [0.29, 0.717) is 19.6 Å². The molecule has 30 heavy (non-hydrogen) atoms. The fourth-order valence-corrected chi connectivity index (χ4v) is 4.09. The van der Waals surface area contributed by atoms with Crippen LogP contribution in [-0.4, -0.2) is 45.2 Å². The van der Waals surface area contributed by atoms with E-state index in [9.17, 15) is 14.7 Å². The van der Waals surface area contributed by atoms with E-state index in [4.69, 9.17) is 9.47 Å². The maximum Gasteiger partial charge on any atom is 1.00 e. The van der Waals surface area contributed by atoms with E-state index in [2.05, 4.69) is 19.6 Å². The molecule has 158 valence electrons. The van der Waals surface area contributed by atoms with E-state index in [1.807, 2.05) is 17.5 Å². The number of hydrogen-bond donors (Lipinski definition) is 0. The third-order valence-corrected chi connectivity index (χ3v) is 7.02. The van der Waals surface area contributed by atoms with Crippen LogP contribution in [0.1, 0.15) is 27.8 Å². The van der Waals surface area contributed by atoms with Gasteiger partial charge in [0.25, 0.3) is 0 Å². The number of ether oxygens (including phenoxy) is 2. The van der Waals surface area contributed by atoms with E-state index in [-0.39, 0.29) is 42.4 Å². The van der Waals surface area contributed by atoms with Gasteiger partial charge in [0.15, 0.2) is 0 Å².